The first-order valence-corrected chi connectivity index (χ1v) is 9.76. The average molecular weight is 270 g/mol. The second kappa shape index (κ2) is 4.74. The van der Waals surface area contributed by atoms with E-state index in [1.165, 1.54) is 0 Å². The van der Waals surface area contributed by atoms with Gasteiger partial charge in [0.1, 0.15) is 0 Å². The van der Waals surface area contributed by atoms with E-state index in [-0.39, 0.29) is 29.8 Å². The second-order valence-corrected chi connectivity index (χ2v) is 11.8. The van der Waals surface area contributed by atoms with Crippen LogP contribution in [0, 0.1) is 11.8 Å². The highest BCUT2D eigenvalue weighted by atomic mass is 28.4. The highest BCUT2D eigenvalue weighted by Crippen LogP contribution is 2.41. The summed E-state index contributed by atoms with van der Waals surface area (Å²) in [6.07, 6.45) is 4.45. The van der Waals surface area contributed by atoms with E-state index in [0.29, 0.717) is 12.5 Å². The first-order valence-electron chi connectivity index (χ1n) is 6.85. The van der Waals surface area contributed by atoms with E-state index in [1.807, 2.05) is 0 Å². The predicted octanol–water partition coefficient (Wildman–Crippen LogP) is 2.57. The fraction of sp³-hybridized carbons (Fsp3) is 0.857. The fourth-order valence-corrected chi connectivity index (χ4v) is 3.49. The molecule has 0 aliphatic carbocycles. The summed E-state index contributed by atoms with van der Waals surface area (Å²) in [5, 5.41) is 9.72. The lowest BCUT2D eigenvalue weighted by Gasteiger charge is -2.38. The Hall–Kier alpha value is -0.163. The summed E-state index contributed by atoms with van der Waals surface area (Å²) in [5.41, 5.74) is 0. The monoisotopic (exact) mass is 270 g/mol. The third-order valence-corrected chi connectivity index (χ3v) is 9.35. The Balaban J connectivity index is 1.97. The van der Waals surface area contributed by atoms with Gasteiger partial charge in [-0.3, -0.25) is 0 Å². The summed E-state index contributed by atoms with van der Waals surface area (Å²) in [6.45, 7) is 12.2. The fourth-order valence-electron chi connectivity index (χ4n) is 2.44. The third kappa shape index (κ3) is 2.44. The van der Waals surface area contributed by atoms with Gasteiger partial charge in [0.15, 0.2) is 8.32 Å². The molecule has 2 aliphatic rings. The summed E-state index contributed by atoms with van der Waals surface area (Å²) in [6, 6.07) is 0. The van der Waals surface area contributed by atoms with Crippen LogP contribution >= 0.6 is 0 Å². The Bertz CT molecular complexity index is 332. The molecule has 0 aromatic carbocycles. The Labute approximate surface area is 111 Å². The third-order valence-electron chi connectivity index (χ3n) is 4.85. The van der Waals surface area contributed by atoms with Crippen molar-refractivity contribution in [1.29, 1.82) is 0 Å². The number of aliphatic hydroxyl groups is 1. The zero-order valence-electron chi connectivity index (χ0n) is 12.1. The van der Waals surface area contributed by atoms with Crippen LogP contribution in [0.2, 0.25) is 18.1 Å². The molecule has 0 amide bonds. The van der Waals surface area contributed by atoms with Gasteiger partial charge in [0, 0.05) is 25.0 Å². The van der Waals surface area contributed by atoms with Crippen LogP contribution in [0.3, 0.4) is 0 Å². The van der Waals surface area contributed by atoms with Gasteiger partial charge in [-0.25, -0.2) is 0 Å². The van der Waals surface area contributed by atoms with Crippen molar-refractivity contribution < 1.29 is 14.3 Å². The van der Waals surface area contributed by atoms with Gasteiger partial charge in [-0.1, -0.05) is 32.9 Å². The van der Waals surface area contributed by atoms with Crippen LogP contribution in [-0.4, -0.2) is 38.8 Å². The van der Waals surface area contributed by atoms with Crippen molar-refractivity contribution in [1.82, 2.24) is 0 Å². The number of ether oxygens (including phenoxy) is 1. The van der Waals surface area contributed by atoms with Gasteiger partial charge >= 0.3 is 0 Å². The molecule has 0 radical (unpaired) electrons. The summed E-state index contributed by atoms with van der Waals surface area (Å²) in [5.74, 6) is 0.531. The molecular formula is C14H26O3Si. The van der Waals surface area contributed by atoms with Gasteiger partial charge in [0.2, 0.25) is 0 Å². The maximum Gasteiger partial charge on any atom is 0.191 e. The number of aliphatic hydroxyl groups excluding tert-OH is 1. The second-order valence-electron chi connectivity index (χ2n) is 7.03. The Morgan fingerprint density at radius 3 is 2.22 bits per heavy atom. The van der Waals surface area contributed by atoms with E-state index in [4.69, 9.17) is 9.16 Å². The van der Waals surface area contributed by atoms with E-state index in [9.17, 15) is 5.11 Å². The molecule has 18 heavy (non-hydrogen) atoms. The highest BCUT2D eigenvalue weighted by Gasteiger charge is 2.47. The van der Waals surface area contributed by atoms with Crippen LogP contribution < -0.4 is 0 Å². The summed E-state index contributed by atoms with van der Waals surface area (Å²) in [4.78, 5) is 0. The first-order chi connectivity index (χ1) is 8.26. The van der Waals surface area contributed by atoms with Gasteiger partial charge in [-0.2, -0.15) is 0 Å². The molecule has 0 spiro atoms. The van der Waals surface area contributed by atoms with Crippen molar-refractivity contribution in [3.63, 3.8) is 0 Å². The average Bonchev–Trinajstić information content (AvgIpc) is 2.84. The lowest BCUT2D eigenvalue weighted by molar-refractivity contribution is 0.0914. The molecule has 2 rings (SSSR count). The quantitative estimate of drug-likeness (QED) is 0.630. The zero-order valence-corrected chi connectivity index (χ0v) is 13.1. The van der Waals surface area contributed by atoms with Crippen LogP contribution in [0.4, 0.5) is 0 Å². The van der Waals surface area contributed by atoms with E-state index in [0.717, 1.165) is 0 Å². The minimum atomic E-state index is -1.70. The Kier molecular flexibility index (Phi) is 3.76. The van der Waals surface area contributed by atoms with Gasteiger partial charge in [-0.05, 0) is 18.1 Å². The van der Waals surface area contributed by atoms with E-state index in [1.54, 1.807) is 0 Å². The SMILES string of the molecule is CC(C)(C)[Si](C)(C)OC[C@@H]1[C@@H](CO)[C@@H]2C=C[C@H]1O2. The lowest BCUT2D eigenvalue weighted by atomic mass is 9.84. The topological polar surface area (TPSA) is 38.7 Å². The van der Waals surface area contributed by atoms with Crippen molar-refractivity contribution in [3.05, 3.63) is 12.2 Å². The molecule has 2 aliphatic heterocycles. The van der Waals surface area contributed by atoms with Crippen molar-refractivity contribution in [3.8, 4) is 0 Å². The number of rotatable bonds is 4. The van der Waals surface area contributed by atoms with E-state index in [2.05, 4.69) is 46.0 Å². The summed E-state index contributed by atoms with van der Waals surface area (Å²) in [7, 11) is -1.70. The van der Waals surface area contributed by atoms with Gasteiger partial charge in [0.25, 0.3) is 0 Å². The number of hydrogen-bond acceptors (Lipinski definition) is 3. The van der Waals surface area contributed by atoms with Crippen LogP contribution in [0.25, 0.3) is 0 Å². The molecule has 1 saturated heterocycles. The van der Waals surface area contributed by atoms with Gasteiger partial charge in [-0.15, -0.1) is 0 Å². The standard InChI is InChI=1S/C14H26O3Si/c1-14(2,3)18(4,5)16-9-11-10(8-15)12-6-7-13(11)17-12/h6-7,10-13,15H,8-9H2,1-5H3/t10-,11-,12+,13-/m1/s1. The van der Waals surface area contributed by atoms with Crippen molar-refractivity contribution in [2.75, 3.05) is 13.2 Å². The molecule has 4 atom stereocenters. The summed E-state index contributed by atoms with van der Waals surface area (Å²) >= 11 is 0. The molecule has 2 heterocycles. The molecule has 104 valence electrons. The predicted molar refractivity (Wildman–Crippen MR) is 75.0 cm³/mol. The maximum atomic E-state index is 9.49. The number of hydrogen-bond donors (Lipinski definition) is 1. The van der Waals surface area contributed by atoms with Crippen LogP contribution in [0.5, 0.6) is 0 Å². The molecule has 4 heteroatoms. The zero-order chi connectivity index (χ0) is 13.6. The molecule has 3 nitrogen and oxygen atoms in total. The smallest absolute Gasteiger partial charge is 0.191 e. The van der Waals surface area contributed by atoms with Crippen LogP contribution in [0.15, 0.2) is 12.2 Å². The van der Waals surface area contributed by atoms with Gasteiger partial charge in [0.05, 0.1) is 12.2 Å². The van der Waals surface area contributed by atoms with Crippen molar-refractivity contribution >= 4 is 8.32 Å². The molecule has 2 bridgehead atoms. The molecule has 0 aromatic rings. The molecule has 1 N–H and O–H groups in total. The van der Waals surface area contributed by atoms with E-state index < -0.39 is 8.32 Å². The molecular weight excluding hydrogens is 244 g/mol. The summed E-state index contributed by atoms with van der Waals surface area (Å²) < 4.78 is 12.1. The van der Waals surface area contributed by atoms with Crippen molar-refractivity contribution in [2.45, 2.75) is 51.1 Å². The van der Waals surface area contributed by atoms with Crippen LogP contribution in [0.1, 0.15) is 20.8 Å². The molecule has 0 unspecified atom stereocenters. The lowest BCUT2D eigenvalue weighted by Crippen LogP contribution is -2.43. The largest absolute Gasteiger partial charge is 0.416 e. The normalized spacial score (nSPS) is 35.4. The van der Waals surface area contributed by atoms with Crippen LogP contribution in [-0.2, 0) is 9.16 Å². The Morgan fingerprint density at radius 1 is 1.17 bits per heavy atom. The molecule has 1 fully saturated rings. The Morgan fingerprint density at radius 2 is 1.72 bits per heavy atom. The minimum Gasteiger partial charge on any atom is -0.416 e. The minimum absolute atomic E-state index is 0.105. The first kappa shape index (κ1) is 14.3. The number of fused-ring (bicyclic) bond motifs is 2. The maximum absolute atomic E-state index is 9.49. The van der Waals surface area contributed by atoms with Gasteiger partial charge < -0.3 is 14.3 Å². The highest BCUT2D eigenvalue weighted by molar-refractivity contribution is 6.74. The van der Waals surface area contributed by atoms with Crippen molar-refractivity contribution in [2.24, 2.45) is 11.8 Å². The molecule has 0 aromatic heterocycles. The molecule has 0 saturated carbocycles. The van der Waals surface area contributed by atoms with E-state index >= 15 is 0 Å².